The average molecular weight is 594 g/mol. The second-order valence-corrected chi connectivity index (χ2v) is 13.5. The van der Waals surface area contributed by atoms with Crippen LogP contribution in [0.4, 0.5) is 0 Å². The molecule has 0 bridgehead atoms. The lowest BCUT2D eigenvalue weighted by Crippen LogP contribution is -2.22. The molecule has 0 aliphatic carbocycles. The topological polar surface area (TPSA) is 22.8 Å². The first kappa shape index (κ1) is 25.9. The first-order valence-corrected chi connectivity index (χ1v) is 16.6. The fourth-order valence-electron chi connectivity index (χ4n) is 6.79. The van der Waals surface area contributed by atoms with Crippen LogP contribution in [-0.2, 0) is 0 Å². The van der Waals surface area contributed by atoms with Crippen molar-refractivity contribution in [2.24, 2.45) is 0 Å². The molecule has 0 atom stereocenters. The van der Waals surface area contributed by atoms with Crippen LogP contribution >= 0.6 is 7.92 Å². The summed E-state index contributed by atoms with van der Waals surface area (Å²) in [4.78, 5) is 5.52. The van der Waals surface area contributed by atoms with Crippen LogP contribution in [0.25, 0.3) is 55.2 Å². The number of para-hydroxylation sites is 4. The van der Waals surface area contributed by atoms with Crippen molar-refractivity contribution in [1.82, 2.24) is 14.1 Å². The predicted octanol–water partition coefficient (Wildman–Crippen LogP) is 9.03. The molecular weight excluding hydrogens is 565 g/mol. The van der Waals surface area contributed by atoms with Crippen molar-refractivity contribution in [2.45, 2.75) is 0 Å². The van der Waals surface area contributed by atoms with Crippen molar-refractivity contribution in [3.8, 4) is 11.6 Å². The summed E-state index contributed by atoms with van der Waals surface area (Å²) in [6.45, 7) is 0. The number of rotatable bonds is 5. The lowest BCUT2D eigenvalue weighted by atomic mass is 10.2. The van der Waals surface area contributed by atoms with E-state index in [-0.39, 0.29) is 0 Å². The number of fused-ring (bicyclic) bond motifs is 6. The van der Waals surface area contributed by atoms with Gasteiger partial charge in [-0.15, -0.1) is 0 Å². The molecule has 0 N–H and O–H groups in total. The Morgan fingerprint density at radius 2 is 0.644 bits per heavy atom. The van der Waals surface area contributed by atoms with Crippen LogP contribution in [0.15, 0.2) is 170 Å². The number of hydrogen-bond acceptors (Lipinski definition) is 1. The molecule has 0 aliphatic rings. The molecule has 45 heavy (non-hydrogen) atoms. The summed E-state index contributed by atoms with van der Waals surface area (Å²) in [7, 11) is -0.870. The highest BCUT2D eigenvalue weighted by molar-refractivity contribution is 7.79. The summed E-state index contributed by atoms with van der Waals surface area (Å²) in [6, 6.07) is 61.2. The number of hydrogen-bond donors (Lipinski definition) is 0. The summed E-state index contributed by atoms with van der Waals surface area (Å²) in [6.07, 6.45) is 0. The van der Waals surface area contributed by atoms with E-state index >= 15 is 0 Å². The van der Waals surface area contributed by atoms with Gasteiger partial charge < -0.3 is 0 Å². The Morgan fingerprint density at radius 1 is 0.333 bits per heavy atom. The zero-order valence-electron chi connectivity index (χ0n) is 24.5. The van der Waals surface area contributed by atoms with Gasteiger partial charge in [-0.3, -0.25) is 9.13 Å². The summed E-state index contributed by atoms with van der Waals surface area (Å²) in [5.74, 6) is 1.84. The first-order valence-electron chi connectivity index (χ1n) is 15.2. The van der Waals surface area contributed by atoms with Crippen LogP contribution in [0.2, 0.25) is 0 Å². The molecule has 0 saturated heterocycles. The smallest absolute Gasteiger partial charge is 0.140 e. The van der Waals surface area contributed by atoms with Gasteiger partial charge in [0.05, 0.1) is 22.1 Å². The maximum atomic E-state index is 5.52. The van der Waals surface area contributed by atoms with Crippen molar-refractivity contribution in [3.63, 3.8) is 0 Å². The normalized spacial score (nSPS) is 11.8. The van der Waals surface area contributed by atoms with Crippen LogP contribution in [0.1, 0.15) is 0 Å². The van der Waals surface area contributed by atoms with E-state index in [0.717, 1.165) is 33.7 Å². The molecule has 0 aliphatic heterocycles. The summed E-state index contributed by atoms with van der Waals surface area (Å²) in [5.41, 5.74) is 4.61. The zero-order chi connectivity index (χ0) is 29.7. The van der Waals surface area contributed by atoms with Crippen molar-refractivity contribution >= 4 is 67.4 Å². The van der Waals surface area contributed by atoms with Gasteiger partial charge in [-0.25, -0.2) is 4.98 Å². The molecule has 3 nitrogen and oxygen atoms in total. The maximum Gasteiger partial charge on any atom is 0.140 e. The minimum Gasteiger partial charge on any atom is -0.294 e. The maximum absolute atomic E-state index is 5.52. The number of pyridine rings is 1. The highest BCUT2D eigenvalue weighted by atomic mass is 31.1. The molecule has 0 unspecified atom stereocenters. The molecule has 9 aromatic rings. The van der Waals surface area contributed by atoms with Crippen molar-refractivity contribution in [1.29, 1.82) is 0 Å². The first-order chi connectivity index (χ1) is 22.3. The molecule has 0 saturated carbocycles. The standard InChI is InChI=1S/C41H28N3P/c1-3-15-29(16-4-1)45(30-17-5-2-6-18-30)31-27-40(43-36-23-11-7-19-32(36)33-20-8-12-24-37(33)43)42-41(28-31)44-38-25-13-9-21-34(38)35-22-10-14-26-39(35)44/h1-28H. The van der Waals surface area contributed by atoms with Gasteiger partial charge in [0.25, 0.3) is 0 Å². The lowest BCUT2D eigenvalue weighted by molar-refractivity contribution is 1.02. The predicted molar refractivity (Wildman–Crippen MR) is 192 cm³/mol. The molecule has 0 spiro atoms. The second-order valence-electron chi connectivity index (χ2n) is 11.3. The molecule has 0 fully saturated rings. The second kappa shape index (κ2) is 10.6. The third-order valence-electron chi connectivity index (χ3n) is 8.69. The van der Waals surface area contributed by atoms with Crippen molar-refractivity contribution < 1.29 is 0 Å². The Hall–Kier alpha value is -5.50. The fraction of sp³-hybridized carbons (Fsp3) is 0. The molecular formula is C41H28N3P. The van der Waals surface area contributed by atoms with E-state index in [1.807, 2.05) is 0 Å². The largest absolute Gasteiger partial charge is 0.294 e. The van der Waals surface area contributed by atoms with E-state index in [4.69, 9.17) is 4.98 Å². The van der Waals surface area contributed by atoms with Gasteiger partial charge in [-0.2, -0.15) is 0 Å². The Balaban J connectivity index is 1.42. The van der Waals surface area contributed by atoms with E-state index in [9.17, 15) is 0 Å². The van der Waals surface area contributed by atoms with Crippen LogP contribution in [-0.4, -0.2) is 14.1 Å². The Bertz CT molecular complexity index is 2210. The van der Waals surface area contributed by atoms with E-state index in [1.165, 1.54) is 37.5 Å². The Morgan fingerprint density at radius 3 is 1.00 bits per heavy atom. The van der Waals surface area contributed by atoms with E-state index < -0.39 is 7.92 Å². The van der Waals surface area contributed by atoms with Crippen molar-refractivity contribution in [2.75, 3.05) is 0 Å². The highest BCUT2D eigenvalue weighted by Crippen LogP contribution is 2.38. The monoisotopic (exact) mass is 593 g/mol. The molecule has 0 amide bonds. The number of aromatic nitrogens is 3. The van der Waals surface area contributed by atoms with Gasteiger partial charge in [0.2, 0.25) is 0 Å². The number of benzene rings is 6. The van der Waals surface area contributed by atoms with Crippen LogP contribution in [0, 0.1) is 0 Å². The molecule has 0 radical (unpaired) electrons. The summed E-state index contributed by atoms with van der Waals surface area (Å²) in [5, 5.41) is 8.79. The highest BCUT2D eigenvalue weighted by Gasteiger charge is 2.22. The van der Waals surface area contributed by atoms with Gasteiger partial charge in [0, 0.05) is 21.5 Å². The van der Waals surface area contributed by atoms with Crippen molar-refractivity contribution in [3.05, 3.63) is 170 Å². The van der Waals surface area contributed by atoms with E-state index in [2.05, 4.69) is 179 Å². The number of nitrogens with zero attached hydrogens (tertiary/aromatic N) is 3. The van der Waals surface area contributed by atoms with Gasteiger partial charge in [-0.05, 0) is 60.2 Å². The third-order valence-corrected chi connectivity index (χ3v) is 11.1. The van der Waals surface area contributed by atoms with Gasteiger partial charge in [-0.1, -0.05) is 133 Å². The van der Waals surface area contributed by atoms with Gasteiger partial charge >= 0.3 is 0 Å². The molecule has 6 aromatic carbocycles. The molecule has 212 valence electrons. The fourth-order valence-corrected chi connectivity index (χ4v) is 9.11. The third kappa shape index (κ3) is 4.20. The quantitative estimate of drug-likeness (QED) is 0.183. The molecule has 3 aromatic heterocycles. The SMILES string of the molecule is c1ccc(P(c2ccccc2)c2cc(-n3c4ccccc4c4ccccc43)nc(-n3c4ccccc4c4ccccc43)c2)cc1. The minimum absolute atomic E-state index is 0.870. The summed E-state index contributed by atoms with van der Waals surface area (Å²) >= 11 is 0. The zero-order valence-corrected chi connectivity index (χ0v) is 25.3. The summed E-state index contributed by atoms with van der Waals surface area (Å²) < 4.78 is 4.68. The van der Waals surface area contributed by atoms with E-state index in [1.54, 1.807) is 0 Å². The Labute approximate surface area is 262 Å². The van der Waals surface area contributed by atoms with E-state index in [0.29, 0.717) is 0 Å². The van der Waals surface area contributed by atoms with Crippen LogP contribution < -0.4 is 15.9 Å². The van der Waals surface area contributed by atoms with Gasteiger partial charge in [0.15, 0.2) is 0 Å². The van der Waals surface area contributed by atoms with Crippen LogP contribution in [0.5, 0.6) is 0 Å². The molecule has 3 heterocycles. The molecule has 9 rings (SSSR count). The lowest BCUT2D eigenvalue weighted by Gasteiger charge is -2.22. The molecule has 4 heteroatoms. The average Bonchev–Trinajstić information content (AvgIpc) is 3.63. The minimum atomic E-state index is -0.870. The van der Waals surface area contributed by atoms with Crippen LogP contribution in [0.3, 0.4) is 0 Å². The Kier molecular flexibility index (Phi) is 6.11. The van der Waals surface area contributed by atoms with Gasteiger partial charge in [0.1, 0.15) is 11.6 Å².